The minimum Gasteiger partial charge on any atom is -0.365 e. The Hall–Kier alpha value is -2.37. The van der Waals surface area contributed by atoms with Crippen molar-refractivity contribution in [1.82, 2.24) is 9.55 Å². The summed E-state index contributed by atoms with van der Waals surface area (Å²) in [6.07, 6.45) is 2.14. The first-order valence-corrected chi connectivity index (χ1v) is 7.39. The van der Waals surface area contributed by atoms with Gasteiger partial charge >= 0.3 is 5.69 Å². The van der Waals surface area contributed by atoms with Crippen molar-refractivity contribution in [3.05, 3.63) is 62.6 Å². The Kier molecular flexibility index (Phi) is 3.83. The highest BCUT2D eigenvalue weighted by molar-refractivity contribution is 5.36. The lowest BCUT2D eigenvalue weighted by Gasteiger charge is -2.15. The zero-order valence-electron chi connectivity index (χ0n) is 12.3. The lowest BCUT2D eigenvalue weighted by molar-refractivity contribution is 0.575. The summed E-state index contributed by atoms with van der Waals surface area (Å²) < 4.78 is 14.5. The van der Waals surface area contributed by atoms with Crippen molar-refractivity contribution in [2.45, 2.75) is 32.4 Å². The second-order valence-electron chi connectivity index (χ2n) is 5.80. The van der Waals surface area contributed by atoms with E-state index >= 15 is 0 Å². The fraction of sp³-hybridized carbons (Fsp3) is 0.375. The molecular formula is C16H18FN3O2. The van der Waals surface area contributed by atoms with Crippen LogP contribution in [0.5, 0.6) is 0 Å². The highest BCUT2D eigenvalue weighted by Crippen LogP contribution is 2.29. The van der Waals surface area contributed by atoms with E-state index in [1.54, 1.807) is 12.1 Å². The second-order valence-corrected chi connectivity index (χ2v) is 5.80. The molecule has 1 heterocycles. The van der Waals surface area contributed by atoms with Gasteiger partial charge in [-0.2, -0.15) is 0 Å². The topological polar surface area (TPSA) is 66.9 Å². The average molecular weight is 303 g/mol. The Bertz CT molecular complexity index is 761. The van der Waals surface area contributed by atoms with E-state index in [4.69, 9.17) is 0 Å². The quantitative estimate of drug-likeness (QED) is 0.890. The third kappa shape index (κ3) is 3.27. The molecule has 1 saturated carbocycles. The van der Waals surface area contributed by atoms with Crippen LogP contribution in [0.4, 0.5) is 10.2 Å². The molecule has 2 aromatic rings. The summed E-state index contributed by atoms with van der Waals surface area (Å²) in [4.78, 5) is 26.7. The van der Waals surface area contributed by atoms with Gasteiger partial charge in [0.05, 0.1) is 0 Å². The fourth-order valence-electron chi connectivity index (χ4n) is 2.42. The Balaban J connectivity index is 1.80. The molecule has 116 valence electrons. The number of halogens is 1. The van der Waals surface area contributed by atoms with E-state index in [2.05, 4.69) is 10.3 Å². The van der Waals surface area contributed by atoms with Crippen LogP contribution in [0.2, 0.25) is 0 Å². The molecule has 6 heteroatoms. The molecule has 1 aliphatic rings. The number of anilines is 1. The van der Waals surface area contributed by atoms with Gasteiger partial charge in [0.25, 0.3) is 5.56 Å². The summed E-state index contributed by atoms with van der Waals surface area (Å²) in [5.41, 5.74) is 0.0148. The molecule has 0 radical (unpaired) electrons. The fourth-order valence-corrected chi connectivity index (χ4v) is 2.42. The number of hydrogen-bond acceptors (Lipinski definition) is 3. The largest absolute Gasteiger partial charge is 0.365 e. The normalized spacial score (nSPS) is 15.5. The lowest BCUT2D eigenvalue weighted by Crippen LogP contribution is -2.35. The number of aromatic nitrogens is 2. The van der Waals surface area contributed by atoms with Gasteiger partial charge in [-0.05, 0) is 43.4 Å². The molecule has 1 fully saturated rings. The molecule has 0 amide bonds. The third-order valence-corrected chi connectivity index (χ3v) is 3.88. The van der Waals surface area contributed by atoms with Gasteiger partial charge in [0, 0.05) is 18.7 Å². The standard InChI is InChI=1S/C16H18FN3O2/c1-10(12-3-2-4-13(17)7-12)18-14-8-15(21)20(16(22)19-14)9-11-5-6-11/h2-4,7-8,10-11,18H,5-6,9H2,1H3,(H,19,22). The maximum atomic E-state index is 13.2. The molecule has 0 aliphatic heterocycles. The first-order valence-electron chi connectivity index (χ1n) is 7.39. The van der Waals surface area contributed by atoms with Crippen molar-refractivity contribution in [1.29, 1.82) is 0 Å². The van der Waals surface area contributed by atoms with Crippen molar-refractivity contribution < 1.29 is 4.39 Å². The van der Waals surface area contributed by atoms with Crippen LogP contribution >= 0.6 is 0 Å². The minimum absolute atomic E-state index is 0.231. The van der Waals surface area contributed by atoms with E-state index in [1.165, 1.54) is 22.8 Å². The van der Waals surface area contributed by atoms with Crippen molar-refractivity contribution in [3.8, 4) is 0 Å². The van der Waals surface area contributed by atoms with Gasteiger partial charge in [-0.3, -0.25) is 14.3 Å². The molecule has 0 spiro atoms. The molecule has 3 rings (SSSR count). The Morgan fingerprint density at radius 2 is 2.14 bits per heavy atom. The second kappa shape index (κ2) is 5.79. The summed E-state index contributed by atoms with van der Waals surface area (Å²) in [5, 5.41) is 3.03. The van der Waals surface area contributed by atoms with Crippen LogP contribution in [0.25, 0.3) is 0 Å². The molecule has 0 saturated heterocycles. The minimum atomic E-state index is -0.409. The zero-order chi connectivity index (χ0) is 15.7. The highest BCUT2D eigenvalue weighted by atomic mass is 19.1. The third-order valence-electron chi connectivity index (χ3n) is 3.88. The first-order chi connectivity index (χ1) is 10.5. The molecular weight excluding hydrogens is 285 g/mol. The average Bonchev–Trinajstić information content (AvgIpc) is 3.27. The predicted octanol–water partition coefficient (Wildman–Crippen LogP) is 2.26. The molecule has 1 aromatic carbocycles. The van der Waals surface area contributed by atoms with Gasteiger partial charge in [0.2, 0.25) is 0 Å². The van der Waals surface area contributed by atoms with Crippen LogP contribution < -0.4 is 16.6 Å². The van der Waals surface area contributed by atoms with Gasteiger partial charge in [-0.1, -0.05) is 12.1 Å². The summed E-state index contributed by atoms with van der Waals surface area (Å²) >= 11 is 0. The van der Waals surface area contributed by atoms with Crippen LogP contribution in [0, 0.1) is 11.7 Å². The van der Waals surface area contributed by atoms with E-state index in [9.17, 15) is 14.0 Å². The van der Waals surface area contributed by atoms with Gasteiger partial charge in [0.15, 0.2) is 0 Å². The maximum absolute atomic E-state index is 13.2. The summed E-state index contributed by atoms with van der Waals surface area (Å²) in [5.74, 6) is 0.474. The van der Waals surface area contributed by atoms with Gasteiger partial charge < -0.3 is 5.32 Å². The van der Waals surface area contributed by atoms with Crippen molar-refractivity contribution in [2.75, 3.05) is 5.32 Å². The molecule has 5 nitrogen and oxygen atoms in total. The smallest absolute Gasteiger partial charge is 0.329 e. The highest BCUT2D eigenvalue weighted by Gasteiger charge is 2.23. The van der Waals surface area contributed by atoms with E-state index in [0.717, 1.165) is 18.4 Å². The molecule has 1 aromatic heterocycles. The number of nitrogens with zero attached hydrogens (tertiary/aromatic N) is 1. The van der Waals surface area contributed by atoms with Crippen LogP contribution in [0.3, 0.4) is 0 Å². The predicted molar refractivity (Wildman–Crippen MR) is 82.5 cm³/mol. The van der Waals surface area contributed by atoms with Crippen molar-refractivity contribution in [3.63, 3.8) is 0 Å². The molecule has 1 atom stereocenters. The number of H-pyrrole nitrogens is 1. The lowest BCUT2D eigenvalue weighted by atomic mass is 10.1. The maximum Gasteiger partial charge on any atom is 0.329 e. The molecule has 22 heavy (non-hydrogen) atoms. The SMILES string of the molecule is CC(Nc1cc(=O)n(CC2CC2)c(=O)[nH]1)c1cccc(F)c1. The number of benzene rings is 1. The van der Waals surface area contributed by atoms with Crippen molar-refractivity contribution in [2.24, 2.45) is 5.92 Å². The monoisotopic (exact) mass is 303 g/mol. The van der Waals surface area contributed by atoms with Gasteiger partial charge in [0.1, 0.15) is 11.6 Å². The van der Waals surface area contributed by atoms with Gasteiger partial charge in [-0.15, -0.1) is 0 Å². The van der Waals surface area contributed by atoms with E-state index in [1.807, 2.05) is 6.92 Å². The zero-order valence-corrected chi connectivity index (χ0v) is 12.3. The molecule has 2 N–H and O–H groups in total. The number of hydrogen-bond donors (Lipinski definition) is 2. The molecule has 1 aliphatic carbocycles. The Labute approximate surface area is 126 Å². The van der Waals surface area contributed by atoms with Crippen molar-refractivity contribution >= 4 is 5.82 Å². The first kappa shape index (κ1) is 14.6. The summed E-state index contributed by atoms with van der Waals surface area (Å²) in [6.45, 7) is 2.32. The molecule has 1 unspecified atom stereocenters. The summed E-state index contributed by atoms with van der Waals surface area (Å²) in [6, 6.07) is 7.35. The van der Waals surface area contributed by atoms with E-state index < -0.39 is 5.69 Å². The Morgan fingerprint density at radius 1 is 1.36 bits per heavy atom. The summed E-state index contributed by atoms with van der Waals surface area (Å²) in [7, 11) is 0. The van der Waals surface area contributed by atoms with Crippen LogP contribution in [-0.2, 0) is 6.54 Å². The van der Waals surface area contributed by atoms with Crippen LogP contribution in [-0.4, -0.2) is 9.55 Å². The van der Waals surface area contributed by atoms with Crippen LogP contribution in [0.1, 0.15) is 31.4 Å². The Morgan fingerprint density at radius 3 is 2.77 bits per heavy atom. The van der Waals surface area contributed by atoms with E-state index in [0.29, 0.717) is 18.3 Å². The number of rotatable bonds is 5. The van der Waals surface area contributed by atoms with Crippen LogP contribution in [0.15, 0.2) is 39.9 Å². The molecule has 0 bridgehead atoms. The number of nitrogens with one attached hydrogen (secondary N) is 2. The van der Waals surface area contributed by atoms with E-state index in [-0.39, 0.29) is 17.4 Å². The number of aromatic amines is 1. The van der Waals surface area contributed by atoms with Gasteiger partial charge in [-0.25, -0.2) is 9.18 Å².